The number of aliphatic hydroxyl groups excluding tert-OH is 1. The normalized spacial score (nSPS) is 13.4. The first-order valence-corrected chi connectivity index (χ1v) is 5.88. The lowest BCUT2D eigenvalue weighted by Gasteiger charge is -2.17. The zero-order chi connectivity index (χ0) is 14.4. The van der Waals surface area contributed by atoms with Crippen molar-refractivity contribution >= 4 is 23.5 Å². The Hall–Kier alpha value is -1.79. The summed E-state index contributed by atoms with van der Waals surface area (Å²) in [6, 6.07) is 5.13. The lowest BCUT2D eigenvalue weighted by Crippen LogP contribution is -2.48. The van der Waals surface area contributed by atoms with Gasteiger partial charge in [-0.2, -0.15) is 0 Å². The third kappa shape index (κ3) is 4.76. The summed E-state index contributed by atoms with van der Waals surface area (Å²) in [5, 5.41) is 20.1. The highest BCUT2D eigenvalue weighted by atomic mass is 35.5. The van der Waals surface area contributed by atoms with Gasteiger partial charge in [0.2, 0.25) is 0 Å². The largest absolute Gasteiger partial charge is 0.481 e. The van der Waals surface area contributed by atoms with Gasteiger partial charge in [0, 0.05) is 5.02 Å². The van der Waals surface area contributed by atoms with E-state index in [0.717, 1.165) is 0 Å². The van der Waals surface area contributed by atoms with E-state index in [2.05, 4.69) is 5.32 Å². The van der Waals surface area contributed by atoms with Gasteiger partial charge in [0.25, 0.3) is 5.91 Å². The maximum absolute atomic E-state index is 11.7. The number of carbonyl (C=O) groups excluding carboxylic acids is 1. The highest BCUT2D eigenvalue weighted by molar-refractivity contribution is 6.30. The number of carboxylic acids is 1. The van der Waals surface area contributed by atoms with Crippen LogP contribution in [0.5, 0.6) is 5.75 Å². The number of aliphatic hydroxyl groups is 1. The second-order valence-electron chi connectivity index (χ2n) is 3.80. The topological polar surface area (TPSA) is 95.9 Å². The summed E-state index contributed by atoms with van der Waals surface area (Å²) in [4.78, 5) is 22.3. The molecule has 1 aromatic rings. The van der Waals surface area contributed by atoms with Crippen LogP contribution >= 0.6 is 11.6 Å². The van der Waals surface area contributed by atoms with E-state index in [9.17, 15) is 9.59 Å². The zero-order valence-electron chi connectivity index (χ0n) is 10.2. The second-order valence-corrected chi connectivity index (χ2v) is 4.24. The quantitative estimate of drug-likeness (QED) is 0.715. The molecule has 7 heteroatoms. The fourth-order valence-corrected chi connectivity index (χ4v) is 1.45. The fraction of sp³-hybridized carbons (Fsp3) is 0.333. The van der Waals surface area contributed by atoms with Gasteiger partial charge in [-0.05, 0) is 25.1 Å². The maximum atomic E-state index is 11.7. The fourth-order valence-electron chi connectivity index (χ4n) is 1.27. The lowest BCUT2D eigenvalue weighted by atomic mass is 10.2. The van der Waals surface area contributed by atoms with Crippen molar-refractivity contribution in [2.45, 2.75) is 19.1 Å². The molecule has 0 fully saturated rings. The molecule has 1 amide bonds. The van der Waals surface area contributed by atoms with Gasteiger partial charge in [0.15, 0.2) is 6.10 Å². The molecule has 0 aliphatic heterocycles. The van der Waals surface area contributed by atoms with Crippen LogP contribution in [0.1, 0.15) is 6.92 Å². The highest BCUT2D eigenvalue weighted by Crippen LogP contribution is 2.18. The van der Waals surface area contributed by atoms with Gasteiger partial charge in [-0.25, -0.2) is 4.79 Å². The maximum Gasteiger partial charge on any atom is 0.328 e. The van der Waals surface area contributed by atoms with E-state index in [-0.39, 0.29) is 0 Å². The summed E-state index contributed by atoms with van der Waals surface area (Å²) in [6.45, 7) is 0.775. The number of benzene rings is 1. The smallest absolute Gasteiger partial charge is 0.328 e. The predicted octanol–water partition coefficient (Wildman–Crippen LogP) is 0.669. The van der Waals surface area contributed by atoms with Crippen LogP contribution in [-0.2, 0) is 9.59 Å². The molecule has 0 saturated carbocycles. The Labute approximate surface area is 114 Å². The van der Waals surface area contributed by atoms with Crippen LogP contribution in [-0.4, -0.2) is 40.8 Å². The van der Waals surface area contributed by atoms with E-state index in [0.29, 0.717) is 10.8 Å². The van der Waals surface area contributed by atoms with E-state index < -0.39 is 30.6 Å². The van der Waals surface area contributed by atoms with Gasteiger partial charge in [-0.15, -0.1) is 0 Å². The summed E-state index contributed by atoms with van der Waals surface area (Å²) in [5.74, 6) is -1.56. The Balaban J connectivity index is 2.60. The molecular weight excluding hydrogens is 274 g/mol. The summed E-state index contributed by atoms with van der Waals surface area (Å²) in [5.41, 5.74) is 0. The first-order chi connectivity index (χ1) is 8.93. The van der Waals surface area contributed by atoms with E-state index in [1.165, 1.54) is 13.0 Å². The average Bonchev–Trinajstić information content (AvgIpc) is 2.35. The molecule has 1 aromatic carbocycles. The Morgan fingerprint density at radius 2 is 2.16 bits per heavy atom. The SMILES string of the molecule is CC(Oc1cccc(Cl)c1)C(=O)N[C@@H](CO)C(=O)O. The van der Waals surface area contributed by atoms with Crippen LogP contribution in [0.25, 0.3) is 0 Å². The zero-order valence-corrected chi connectivity index (χ0v) is 10.9. The number of hydrogen-bond donors (Lipinski definition) is 3. The molecule has 2 atom stereocenters. The third-order valence-corrected chi connectivity index (χ3v) is 2.51. The van der Waals surface area contributed by atoms with E-state index in [4.69, 9.17) is 26.6 Å². The lowest BCUT2D eigenvalue weighted by molar-refractivity contribution is -0.144. The molecule has 0 bridgehead atoms. The van der Waals surface area contributed by atoms with Crippen molar-refractivity contribution in [1.29, 1.82) is 0 Å². The molecule has 0 radical (unpaired) electrons. The van der Waals surface area contributed by atoms with Crippen molar-refractivity contribution in [2.24, 2.45) is 0 Å². The summed E-state index contributed by atoms with van der Waals surface area (Å²) in [7, 11) is 0. The number of halogens is 1. The Morgan fingerprint density at radius 1 is 1.47 bits per heavy atom. The number of hydrogen-bond acceptors (Lipinski definition) is 4. The number of carboxylic acid groups (broad SMARTS) is 1. The Morgan fingerprint density at radius 3 is 2.68 bits per heavy atom. The predicted molar refractivity (Wildman–Crippen MR) is 68.2 cm³/mol. The van der Waals surface area contributed by atoms with Crippen molar-refractivity contribution < 1.29 is 24.5 Å². The van der Waals surface area contributed by atoms with Crippen molar-refractivity contribution in [1.82, 2.24) is 5.32 Å². The van der Waals surface area contributed by atoms with Crippen LogP contribution in [0.3, 0.4) is 0 Å². The number of rotatable bonds is 6. The van der Waals surface area contributed by atoms with E-state index >= 15 is 0 Å². The minimum atomic E-state index is -1.35. The van der Waals surface area contributed by atoms with Crippen molar-refractivity contribution in [2.75, 3.05) is 6.61 Å². The van der Waals surface area contributed by atoms with Gasteiger partial charge in [0.05, 0.1) is 6.61 Å². The molecule has 19 heavy (non-hydrogen) atoms. The molecule has 0 saturated heterocycles. The molecule has 1 rings (SSSR count). The van der Waals surface area contributed by atoms with Crippen molar-refractivity contribution in [3.05, 3.63) is 29.3 Å². The molecule has 0 aliphatic carbocycles. The molecule has 104 valence electrons. The average molecular weight is 288 g/mol. The number of ether oxygens (including phenoxy) is 1. The van der Waals surface area contributed by atoms with Crippen LogP contribution in [0, 0.1) is 0 Å². The van der Waals surface area contributed by atoms with Crippen LogP contribution in [0.4, 0.5) is 0 Å². The van der Waals surface area contributed by atoms with Gasteiger partial charge in [-0.3, -0.25) is 4.79 Å². The van der Waals surface area contributed by atoms with E-state index in [1.807, 2.05) is 0 Å². The molecule has 1 unspecified atom stereocenters. The number of carbonyl (C=O) groups is 2. The number of aliphatic carboxylic acids is 1. The highest BCUT2D eigenvalue weighted by Gasteiger charge is 2.23. The van der Waals surface area contributed by atoms with Crippen molar-refractivity contribution in [3.63, 3.8) is 0 Å². The summed E-state index contributed by atoms with van der Waals surface area (Å²) in [6.07, 6.45) is -0.910. The first-order valence-electron chi connectivity index (χ1n) is 5.50. The van der Waals surface area contributed by atoms with Gasteiger partial charge in [0.1, 0.15) is 11.8 Å². The van der Waals surface area contributed by atoms with Crippen molar-refractivity contribution in [3.8, 4) is 5.75 Å². The van der Waals surface area contributed by atoms with Gasteiger partial charge < -0.3 is 20.3 Å². The Kier molecular flexibility index (Phi) is 5.59. The second kappa shape index (κ2) is 6.96. The monoisotopic (exact) mass is 287 g/mol. The molecule has 0 aromatic heterocycles. The van der Waals surface area contributed by atoms with Gasteiger partial charge in [-0.1, -0.05) is 17.7 Å². The van der Waals surface area contributed by atoms with E-state index in [1.54, 1.807) is 18.2 Å². The molecule has 0 heterocycles. The third-order valence-electron chi connectivity index (χ3n) is 2.28. The molecule has 6 nitrogen and oxygen atoms in total. The van der Waals surface area contributed by atoms with Crippen LogP contribution in [0.2, 0.25) is 5.02 Å². The Bertz CT molecular complexity index is 465. The van der Waals surface area contributed by atoms with Crippen LogP contribution < -0.4 is 10.1 Å². The van der Waals surface area contributed by atoms with Crippen LogP contribution in [0.15, 0.2) is 24.3 Å². The molecule has 0 spiro atoms. The number of amides is 1. The first kappa shape index (κ1) is 15.3. The molecule has 3 N–H and O–H groups in total. The molecular formula is C12H14ClNO5. The molecule has 0 aliphatic rings. The summed E-state index contributed by atoms with van der Waals surface area (Å²) < 4.78 is 5.31. The minimum absolute atomic E-state index is 0.394. The minimum Gasteiger partial charge on any atom is -0.481 e. The number of nitrogens with one attached hydrogen (secondary N) is 1. The standard InChI is InChI=1S/C12H14ClNO5/c1-7(11(16)14-10(6-15)12(17)18)19-9-4-2-3-8(13)5-9/h2-5,7,10,15H,6H2,1H3,(H,14,16)(H,17,18)/t7?,10-/m0/s1. The van der Waals surface area contributed by atoms with Gasteiger partial charge >= 0.3 is 5.97 Å². The summed E-state index contributed by atoms with van der Waals surface area (Å²) >= 11 is 5.76.